The number of nitrogens with zero attached hydrogens (tertiary/aromatic N) is 5. The largest absolute Gasteiger partial charge is 0.494 e. The molecule has 1 saturated carbocycles. The molecule has 2 fully saturated rings. The number of para-hydroxylation sites is 1. The predicted octanol–water partition coefficient (Wildman–Crippen LogP) is 2.54. The van der Waals surface area contributed by atoms with Gasteiger partial charge in [0.05, 0.1) is 30.6 Å². The molecule has 0 atom stereocenters. The van der Waals surface area contributed by atoms with Gasteiger partial charge in [0.2, 0.25) is 17.6 Å². The van der Waals surface area contributed by atoms with Crippen molar-refractivity contribution < 1.29 is 23.0 Å². The second-order valence-electron chi connectivity index (χ2n) is 8.62. The first-order valence-electron chi connectivity index (χ1n) is 13.3. The van der Waals surface area contributed by atoms with E-state index < -0.39 is 12.9 Å². The summed E-state index contributed by atoms with van der Waals surface area (Å²) in [6.07, 6.45) is 1.59. The number of methoxy groups -OCH3 is 1. The number of carbonyl (C=O) groups is 2. The molecule has 0 radical (unpaired) electrons. The van der Waals surface area contributed by atoms with E-state index in [1.807, 2.05) is 17.1 Å². The summed E-state index contributed by atoms with van der Waals surface area (Å²) < 4.78 is 33.4. The topological polar surface area (TPSA) is 147 Å². The Hall–Kier alpha value is -3.71. The fourth-order valence-electron chi connectivity index (χ4n) is 3.90. The number of aromatic nitrogens is 4. The van der Waals surface area contributed by atoms with Crippen LogP contribution in [0.15, 0.2) is 28.8 Å². The second kappa shape index (κ2) is 11.1. The Labute approximate surface area is 222 Å². The van der Waals surface area contributed by atoms with Gasteiger partial charge < -0.3 is 25.2 Å². The van der Waals surface area contributed by atoms with Crippen LogP contribution < -0.4 is 20.7 Å². The number of carbonyl (C=O) groups excluding carboxylic acids is 2. The van der Waals surface area contributed by atoms with Gasteiger partial charge in [-0.2, -0.15) is 16.7 Å². The van der Waals surface area contributed by atoms with Crippen molar-refractivity contribution in [3.8, 4) is 17.1 Å². The number of thioether (sulfide) groups is 1. The third kappa shape index (κ3) is 5.83. The van der Waals surface area contributed by atoms with Crippen LogP contribution in [-0.2, 0) is 11.3 Å². The van der Waals surface area contributed by atoms with Crippen LogP contribution >= 0.6 is 11.8 Å². The summed E-state index contributed by atoms with van der Waals surface area (Å²) in [5.74, 6) is 2.15. The highest BCUT2D eigenvalue weighted by molar-refractivity contribution is 7.99. The van der Waals surface area contributed by atoms with Crippen molar-refractivity contribution in [2.45, 2.75) is 19.4 Å². The first-order valence-corrected chi connectivity index (χ1v) is 12.9. The Morgan fingerprint density at radius 1 is 1.24 bits per heavy atom. The number of anilines is 3. The zero-order valence-electron chi connectivity index (χ0n) is 23.1. The molecule has 3 N–H and O–H groups in total. The Morgan fingerprint density at radius 2 is 2.08 bits per heavy atom. The molecule has 1 aromatic carbocycles. The van der Waals surface area contributed by atoms with Gasteiger partial charge in [-0.3, -0.25) is 14.5 Å². The van der Waals surface area contributed by atoms with Crippen LogP contribution in [0.5, 0.6) is 5.75 Å². The van der Waals surface area contributed by atoms with Crippen LogP contribution in [0.3, 0.4) is 0 Å². The molecule has 2 aromatic heterocycles. The van der Waals surface area contributed by atoms with Gasteiger partial charge in [-0.25, -0.2) is 0 Å². The first-order chi connectivity index (χ1) is 19.2. The zero-order chi connectivity index (χ0) is 28.3. The summed E-state index contributed by atoms with van der Waals surface area (Å²) in [7, 11) is 1.48. The molecule has 0 spiro atoms. The van der Waals surface area contributed by atoms with Crippen LogP contribution in [0.4, 0.5) is 17.2 Å². The van der Waals surface area contributed by atoms with Crippen molar-refractivity contribution in [3.63, 3.8) is 0 Å². The molecule has 37 heavy (non-hydrogen) atoms. The number of rotatable bonds is 9. The molecular weight excluding hydrogens is 496 g/mol. The first kappa shape index (κ1) is 21.4. The van der Waals surface area contributed by atoms with E-state index in [2.05, 4.69) is 35.9 Å². The highest BCUT2D eigenvalue weighted by atomic mass is 32.2. The third-order valence-electron chi connectivity index (χ3n) is 5.98. The van der Waals surface area contributed by atoms with Gasteiger partial charge in [0.1, 0.15) is 0 Å². The van der Waals surface area contributed by atoms with Gasteiger partial charge >= 0.3 is 0 Å². The Balaban J connectivity index is 1.44. The summed E-state index contributed by atoms with van der Waals surface area (Å²) in [6.45, 7) is -0.290. The Bertz CT molecular complexity index is 1390. The van der Waals surface area contributed by atoms with Gasteiger partial charge in [0.15, 0.2) is 17.3 Å². The molecule has 3 heterocycles. The number of amides is 2. The summed E-state index contributed by atoms with van der Waals surface area (Å²) in [5, 5.41) is 19.6. The summed E-state index contributed by atoms with van der Waals surface area (Å²) in [5.41, 5.74) is 0.772. The normalized spacial score (nSPS) is 17.3. The van der Waals surface area contributed by atoms with Gasteiger partial charge in [0.25, 0.3) is 5.91 Å². The minimum atomic E-state index is -2.74. The van der Waals surface area contributed by atoms with Gasteiger partial charge in [-0.15, -0.1) is 10.2 Å². The zero-order valence-corrected chi connectivity index (χ0v) is 20.9. The number of nitrogens with one attached hydrogen (secondary N) is 3. The van der Waals surface area contributed by atoms with E-state index in [1.165, 1.54) is 13.2 Å². The van der Waals surface area contributed by atoms with Crippen LogP contribution in [-0.4, -0.2) is 75.7 Å². The number of hydrogen-bond donors (Lipinski definition) is 3. The molecule has 12 nitrogen and oxygen atoms in total. The summed E-state index contributed by atoms with van der Waals surface area (Å²) in [4.78, 5) is 31.9. The van der Waals surface area contributed by atoms with Crippen molar-refractivity contribution in [1.29, 1.82) is 0 Å². The molecule has 2 aliphatic rings. The fourth-order valence-corrected chi connectivity index (χ4v) is 4.88. The lowest BCUT2D eigenvalue weighted by Crippen LogP contribution is -2.32. The monoisotopic (exact) mass is 527 g/mol. The molecular formula is C24H28N8O4S. The minimum Gasteiger partial charge on any atom is -0.494 e. The molecule has 3 aromatic rings. The number of benzene rings is 1. The van der Waals surface area contributed by atoms with Gasteiger partial charge in [-0.05, 0) is 25.0 Å². The molecule has 5 rings (SSSR count). The van der Waals surface area contributed by atoms with E-state index in [-0.39, 0.29) is 29.0 Å². The summed E-state index contributed by atoms with van der Waals surface area (Å²) >= 11 is 1.92. The molecule has 1 aliphatic heterocycles. The average molecular weight is 528 g/mol. The molecule has 194 valence electrons. The maximum atomic E-state index is 12.8. The Kier molecular flexibility index (Phi) is 6.43. The molecule has 2 amide bonds. The molecule has 13 heteroatoms. The van der Waals surface area contributed by atoms with E-state index in [0.29, 0.717) is 35.3 Å². The quantitative estimate of drug-likeness (QED) is 0.377. The molecule has 0 unspecified atom stereocenters. The van der Waals surface area contributed by atoms with Crippen molar-refractivity contribution in [1.82, 2.24) is 30.6 Å². The van der Waals surface area contributed by atoms with Crippen molar-refractivity contribution in [3.05, 3.63) is 35.9 Å². The lowest BCUT2D eigenvalue weighted by molar-refractivity contribution is -0.117. The maximum Gasteiger partial charge on any atom is 0.273 e. The van der Waals surface area contributed by atoms with Crippen molar-refractivity contribution in [2.24, 2.45) is 5.92 Å². The van der Waals surface area contributed by atoms with Crippen LogP contribution in [0, 0.1) is 5.92 Å². The van der Waals surface area contributed by atoms with Crippen LogP contribution in [0.1, 0.15) is 33.3 Å². The van der Waals surface area contributed by atoms with E-state index in [4.69, 9.17) is 13.4 Å². The van der Waals surface area contributed by atoms with Crippen molar-refractivity contribution >= 4 is 40.8 Å². The van der Waals surface area contributed by atoms with Crippen molar-refractivity contribution in [2.75, 3.05) is 49.3 Å². The highest BCUT2D eigenvalue weighted by Crippen LogP contribution is 2.37. The SMILES string of the molecule is [2H]C([2H])([2H])NC(=O)c1nnc(NC(=O)C2CC2)cc1Nc1cccc(-c2noc(CN3CCSCC3)n2)c1OC. The van der Waals surface area contributed by atoms with Gasteiger partial charge in [-0.1, -0.05) is 11.2 Å². The average Bonchev–Trinajstić information content (AvgIpc) is 3.67. The summed E-state index contributed by atoms with van der Waals surface area (Å²) in [6, 6.07) is 6.62. The lowest BCUT2D eigenvalue weighted by atomic mass is 10.1. The van der Waals surface area contributed by atoms with E-state index in [9.17, 15) is 9.59 Å². The maximum absolute atomic E-state index is 12.8. The standard InChI is InChI=1S/C24H28N8O4S/c1-25-24(34)20-17(12-18(29-30-20)27-23(33)14-6-7-14)26-16-5-3-4-15(21(16)35-2)22-28-19(36-31-22)13-32-8-10-37-11-9-32/h3-5,12,14H,6-11,13H2,1-2H3,(H,25,34)(H2,26,27,29,33)/i1D3. The number of ether oxygens (including phenoxy) is 1. The molecule has 0 bridgehead atoms. The third-order valence-corrected chi connectivity index (χ3v) is 6.92. The molecule has 1 saturated heterocycles. The van der Waals surface area contributed by atoms with Crippen LogP contribution in [0.2, 0.25) is 0 Å². The van der Waals surface area contributed by atoms with E-state index >= 15 is 0 Å². The van der Waals surface area contributed by atoms with Gasteiger partial charge in [0, 0.05) is 47.7 Å². The Morgan fingerprint density at radius 3 is 2.84 bits per heavy atom. The second-order valence-corrected chi connectivity index (χ2v) is 9.85. The molecule has 1 aliphatic carbocycles. The number of hydrogen-bond acceptors (Lipinski definition) is 11. The smallest absolute Gasteiger partial charge is 0.273 e. The minimum absolute atomic E-state index is 0.0813. The fraction of sp³-hybridized carbons (Fsp3) is 0.417. The van der Waals surface area contributed by atoms with E-state index in [1.54, 1.807) is 18.2 Å². The van der Waals surface area contributed by atoms with Crippen LogP contribution in [0.25, 0.3) is 11.4 Å². The lowest BCUT2D eigenvalue weighted by Gasteiger charge is -2.24. The highest BCUT2D eigenvalue weighted by Gasteiger charge is 2.30. The van der Waals surface area contributed by atoms with E-state index in [0.717, 1.165) is 37.4 Å². The predicted molar refractivity (Wildman–Crippen MR) is 139 cm³/mol.